The monoisotopic (exact) mass is 353 g/mol. The second kappa shape index (κ2) is 6.49. The fourth-order valence-electron chi connectivity index (χ4n) is 2.16. The number of methoxy groups -OCH3 is 1. The average Bonchev–Trinajstić information content (AvgIpc) is 2.67. The van der Waals surface area contributed by atoms with Crippen LogP contribution in [0.1, 0.15) is 18.2 Å². The molecule has 2 aromatic rings. The quantitative estimate of drug-likeness (QED) is 0.896. The lowest BCUT2D eigenvalue weighted by Crippen LogP contribution is -2.18. The number of aromatic nitrogens is 2. The molecule has 1 unspecified atom stereocenters. The van der Waals surface area contributed by atoms with Crippen LogP contribution in [-0.2, 0) is 13.5 Å². The minimum atomic E-state index is 0.0505. The van der Waals surface area contributed by atoms with Crippen molar-refractivity contribution in [2.45, 2.75) is 26.3 Å². The lowest BCUT2D eigenvalue weighted by atomic mass is 10.1. The number of hydrogen-bond acceptors (Lipinski definition) is 4. The second-order valence-corrected chi connectivity index (χ2v) is 5.93. The molecule has 0 bridgehead atoms. The first-order valence-corrected chi connectivity index (χ1v) is 7.51. The number of benzene rings is 1. The number of aryl methyl sites for hydroxylation is 2. The van der Waals surface area contributed by atoms with E-state index < -0.39 is 0 Å². The summed E-state index contributed by atoms with van der Waals surface area (Å²) in [6.07, 6.45) is 0.725. The summed E-state index contributed by atoms with van der Waals surface area (Å²) in [6, 6.07) is 5.63. The van der Waals surface area contributed by atoms with Gasteiger partial charge in [-0.2, -0.15) is 5.10 Å². The van der Waals surface area contributed by atoms with Crippen LogP contribution in [0.4, 0.5) is 0 Å². The van der Waals surface area contributed by atoms with Gasteiger partial charge in [-0.25, -0.2) is 4.68 Å². The minimum Gasteiger partial charge on any atom is -0.497 e. The van der Waals surface area contributed by atoms with Crippen molar-refractivity contribution in [3.05, 3.63) is 33.9 Å². The maximum Gasteiger partial charge on any atom is 0.221 e. The molecule has 0 aliphatic rings. The molecule has 1 atom stereocenters. The maximum absolute atomic E-state index is 6.03. The van der Waals surface area contributed by atoms with E-state index in [1.54, 1.807) is 11.8 Å². The van der Waals surface area contributed by atoms with Gasteiger partial charge in [0, 0.05) is 18.7 Å². The Morgan fingerprint density at radius 1 is 1.43 bits per heavy atom. The van der Waals surface area contributed by atoms with Crippen LogP contribution < -0.4 is 15.2 Å². The highest BCUT2D eigenvalue weighted by Gasteiger charge is 2.17. The highest BCUT2D eigenvalue weighted by atomic mass is 79.9. The molecule has 1 heterocycles. The smallest absolute Gasteiger partial charge is 0.221 e. The highest BCUT2D eigenvalue weighted by molar-refractivity contribution is 9.10. The molecular weight excluding hydrogens is 334 g/mol. The molecule has 21 heavy (non-hydrogen) atoms. The van der Waals surface area contributed by atoms with Gasteiger partial charge in [-0.1, -0.05) is 0 Å². The van der Waals surface area contributed by atoms with Crippen LogP contribution in [0.25, 0.3) is 0 Å². The van der Waals surface area contributed by atoms with Gasteiger partial charge in [0.15, 0.2) is 0 Å². The Kier molecular flexibility index (Phi) is 4.90. The lowest BCUT2D eigenvalue weighted by molar-refractivity contribution is 0.406. The molecule has 0 spiro atoms. The second-order valence-electron chi connectivity index (χ2n) is 5.07. The zero-order valence-electron chi connectivity index (χ0n) is 12.7. The maximum atomic E-state index is 6.03. The average molecular weight is 354 g/mol. The molecule has 0 fully saturated rings. The lowest BCUT2D eigenvalue weighted by Gasteiger charge is -2.12. The van der Waals surface area contributed by atoms with E-state index in [4.69, 9.17) is 15.2 Å². The predicted octanol–water partition coefficient (Wildman–Crippen LogP) is 3.18. The van der Waals surface area contributed by atoms with E-state index in [2.05, 4.69) is 21.0 Å². The molecule has 0 amide bonds. The van der Waals surface area contributed by atoms with E-state index in [1.807, 2.05) is 39.1 Å². The molecule has 1 aromatic carbocycles. The van der Waals surface area contributed by atoms with Crippen LogP contribution in [0.2, 0.25) is 0 Å². The van der Waals surface area contributed by atoms with Gasteiger partial charge >= 0.3 is 0 Å². The van der Waals surface area contributed by atoms with Crippen LogP contribution in [0.15, 0.2) is 22.7 Å². The van der Waals surface area contributed by atoms with Crippen molar-refractivity contribution in [2.24, 2.45) is 12.8 Å². The Morgan fingerprint density at radius 3 is 2.71 bits per heavy atom. The number of rotatable bonds is 5. The number of hydrogen-bond donors (Lipinski definition) is 1. The number of nitrogens with zero attached hydrogens (tertiary/aromatic N) is 2. The first-order chi connectivity index (χ1) is 9.92. The summed E-state index contributed by atoms with van der Waals surface area (Å²) < 4.78 is 13.8. The summed E-state index contributed by atoms with van der Waals surface area (Å²) >= 11 is 3.49. The molecule has 0 saturated carbocycles. The van der Waals surface area contributed by atoms with E-state index >= 15 is 0 Å². The first kappa shape index (κ1) is 15.9. The molecule has 0 radical (unpaired) electrons. The van der Waals surface area contributed by atoms with Crippen molar-refractivity contribution >= 4 is 15.9 Å². The molecule has 0 aliphatic carbocycles. The first-order valence-electron chi connectivity index (χ1n) is 6.71. The van der Waals surface area contributed by atoms with Crippen LogP contribution in [0.3, 0.4) is 0 Å². The number of nitrogens with two attached hydrogens (primary N) is 1. The van der Waals surface area contributed by atoms with Crippen molar-refractivity contribution in [1.29, 1.82) is 0 Å². The van der Waals surface area contributed by atoms with Gasteiger partial charge in [-0.15, -0.1) is 0 Å². The normalized spacial score (nSPS) is 12.3. The third kappa shape index (κ3) is 3.57. The Bertz CT molecular complexity index is 638. The Balaban J connectivity index is 2.35. The van der Waals surface area contributed by atoms with E-state index in [1.165, 1.54) is 0 Å². The summed E-state index contributed by atoms with van der Waals surface area (Å²) in [6.45, 7) is 3.94. The number of halogens is 1. The Hall–Kier alpha value is -1.53. The third-order valence-corrected chi connectivity index (χ3v) is 3.78. The summed E-state index contributed by atoms with van der Waals surface area (Å²) in [7, 11) is 3.50. The molecule has 1 aromatic heterocycles. The topological polar surface area (TPSA) is 62.3 Å². The van der Waals surface area contributed by atoms with Gasteiger partial charge in [-0.05, 0) is 54.4 Å². The van der Waals surface area contributed by atoms with Gasteiger partial charge in [0.25, 0.3) is 0 Å². The molecule has 6 heteroatoms. The van der Waals surface area contributed by atoms with E-state index in [0.29, 0.717) is 5.75 Å². The van der Waals surface area contributed by atoms with E-state index in [9.17, 15) is 0 Å². The SMILES string of the molecule is COc1ccc(Oc2c(CC(C)N)c(C)nn2C)c(Br)c1. The van der Waals surface area contributed by atoms with Gasteiger partial charge in [-0.3, -0.25) is 0 Å². The highest BCUT2D eigenvalue weighted by Crippen LogP contribution is 2.34. The summed E-state index contributed by atoms with van der Waals surface area (Å²) in [5, 5.41) is 4.42. The molecule has 0 aliphatic heterocycles. The van der Waals surface area contributed by atoms with Gasteiger partial charge in [0.2, 0.25) is 5.88 Å². The van der Waals surface area contributed by atoms with Crippen LogP contribution in [0.5, 0.6) is 17.4 Å². The number of ether oxygens (including phenoxy) is 2. The van der Waals surface area contributed by atoms with E-state index in [0.717, 1.165) is 33.8 Å². The Morgan fingerprint density at radius 2 is 2.14 bits per heavy atom. The van der Waals surface area contributed by atoms with Crippen molar-refractivity contribution < 1.29 is 9.47 Å². The van der Waals surface area contributed by atoms with Crippen molar-refractivity contribution in [3.63, 3.8) is 0 Å². The Labute approximate surface area is 133 Å². The largest absolute Gasteiger partial charge is 0.497 e. The molecular formula is C15H20BrN3O2. The summed E-state index contributed by atoms with van der Waals surface area (Å²) in [5.41, 5.74) is 7.89. The van der Waals surface area contributed by atoms with E-state index in [-0.39, 0.29) is 6.04 Å². The van der Waals surface area contributed by atoms with Crippen molar-refractivity contribution in [1.82, 2.24) is 9.78 Å². The summed E-state index contributed by atoms with van der Waals surface area (Å²) in [5.74, 6) is 2.20. The molecule has 2 rings (SSSR count). The molecule has 5 nitrogen and oxygen atoms in total. The summed E-state index contributed by atoms with van der Waals surface area (Å²) in [4.78, 5) is 0. The predicted molar refractivity (Wildman–Crippen MR) is 86.1 cm³/mol. The fourth-order valence-corrected chi connectivity index (χ4v) is 2.60. The third-order valence-electron chi connectivity index (χ3n) is 3.16. The van der Waals surface area contributed by atoms with Gasteiger partial charge in [0.1, 0.15) is 11.5 Å². The molecule has 0 saturated heterocycles. The molecule has 114 valence electrons. The van der Waals surface area contributed by atoms with Crippen LogP contribution in [0, 0.1) is 6.92 Å². The standard InChI is InChI=1S/C15H20BrN3O2/c1-9(17)7-12-10(2)18-19(3)15(12)21-14-6-5-11(20-4)8-13(14)16/h5-6,8-9H,7,17H2,1-4H3. The fraction of sp³-hybridized carbons (Fsp3) is 0.400. The van der Waals surface area contributed by atoms with Gasteiger partial charge in [0.05, 0.1) is 17.3 Å². The van der Waals surface area contributed by atoms with Crippen LogP contribution in [-0.4, -0.2) is 22.9 Å². The zero-order valence-corrected chi connectivity index (χ0v) is 14.3. The van der Waals surface area contributed by atoms with Crippen molar-refractivity contribution in [3.8, 4) is 17.4 Å². The zero-order chi connectivity index (χ0) is 15.6. The van der Waals surface area contributed by atoms with Crippen molar-refractivity contribution in [2.75, 3.05) is 7.11 Å². The van der Waals surface area contributed by atoms with Gasteiger partial charge < -0.3 is 15.2 Å². The molecule has 2 N–H and O–H groups in total. The van der Waals surface area contributed by atoms with Crippen LogP contribution >= 0.6 is 15.9 Å². The minimum absolute atomic E-state index is 0.0505.